The van der Waals surface area contributed by atoms with E-state index in [1.807, 2.05) is 6.07 Å². The predicted molar refractivity (Wildman–Crippen MR) is 76.7 cm³/mol. The van der Waals surface area contributed by atoms with E-state index in [0.29, 0.717) is 18.4 Å². The summed E-state index contributed by atoms with van der Waals surface area (Å²) in [6.07, 6.45) is 3.25. The number of phenolic OH excluding ortho intramolecular Hbond substituents is 1. The third-order valence-corrected chi connectivity index (χ3v) is 6.34. The van der Waals surface area contributed by atoms with E-state index in [2.05, 4.69) is 11.9 Å². The zero-order valence-electron chi connectivity index (χ0n) is 12.1. The van der Waals surface area contributed by atoms with Crippen molar-refractivity contribution in [3.05, 3.63) is 23.3 Å². The topological polar surface area (TPSA) is 49.8 Å². The average molecular weight is 285 g/mol. The summed E-state index contributed by atoms with van der Waals surface area (Å²) in [5, 5.41) is 9.97. The van der Waals surface area contributed by atoms with Crippen molar-refractivity contribution in [1.29, 1.82) is 0 Å². The van der Waals surface area contributed by atoms with E-state index in [1.165, 1.54) is 11.1 Å². The van der Waals surface area contributed by atoms with Gasteiger partial charge in [-0.15, -0.1) is 0 Å². The molecule has 0 radical (unpaired) electrons. The Morgan fingerprint density at radius 3 is 3.14 bits per heavy atom. The van der Waals surface area contributed by atoms with Gasteiger partial charge in [-0.25, -0.2) is 0 Å². The largest absolute Gasteiger partial charge is 0.508 e. The van der Waals surface area contributed by atoms with Crippen LogP contribution in [-0.4, -0.2) is 41.5 Å². The number of phenols is 1. The maximum Gasteiger partial charge on any atom is 0.174 e. The van der Waals surface area contributed by atoms with Crippen LogP contribution in [0.2, 0.25) is 0 Å². The number of aromatic hydroxyl groups is 1. The second-order valence-corrected chi connectivity index (χ2v) is 7.13. The molecule has 2 aliphatic carbocycles. The van der Waals surface area contributed by atoms with E-state index in [-0.39, 0.29) is 23.1 Å². The van der Waals surface area contributed by atoms with Crippen molar-refractivity contribution in [1.82, 2.24) is 4.90 Å². The quantitative estimate of drug-likeness (QED) is 0.787. The number of benzene rings is 1. The van der Waals surface area contributed by atoms with E-state index in [0.717, 1.165) is 31.6 Å². The van der Waals surface area contributed by atoms with Gasteiger partial charge in [0.05, 0.1) is 0 Å². The lowest BCUT2D eigenvalue weighted by Crippen LogP contribution is -2.65. The number of Topliss-reactive ketones (excluding diaryl/α,β-unsaturated/α-hetero) is 1. The summed E-state index contributed by atoms with van der Waals surface area (Å²) in [4.78, 5) is 14.9. The predicted octanol–water partition coefficient (Wildman–Crippen LogP) is 1.63. The lowest BCUT2D eigenvalue weighted by atomic mass is 9.52. The number of rotatable bonds is 0. The molecule has 4 heteroatoms. The molecule has 110 valence electrons. The minimum Gasteiger partial charge on any atom is -0.508 e. The van der Waals surface area contributed by atoms with Crippen LogP contribution in [0.4, 0.5) is 0 Å². The molecule has 1 aromatic carbocycles. The number of carbonyl (C=O) groups excluding carboxylic acids is 1. The Labute approximate surface area is 123 Å². The number of hydrogen-bond acceptors (Lipinski definition) is 4. The van der Waals surface area contributed by atoms with E-state index in [1.54, 1.807) is 6.07 Å². The van der Waals surface area contributed by atoms with E-state index in [4.69, 9.17) is 4.74 Å². The number of hydrogen-bond donors (Lipinski definition) is 1. The zero-order valence-corrected chi connectivity index (χ0v) is 12.1. The van der Waals surface area contributed by atoms with Gasteiger partial charge < -0.3 is 14.7 Å². The standard InChI is InChI=1S/C17H19NO3/c1-18-5-4-17-11-2-3-13(20)16(17)21-14-8-10(19)6-9(15(14)17)7-12(11)18/h6,8,11-12,16,19H,2-5,7H2,1H3/t11-,12+,16-,17-/m0/s1. The minimum absolute atomic E-state index is 0.122. The Bertz CT molecular complexity index is 670. The highest BCUT2D eigenvalue weighted by molar-refractivity contribution is 5.88. The van der Waals surface area contributed by atoms with Crippen LogP contribution in [0.15, 0.2) is 12.1 Å². The first-order valence-corrected chi connectivity index (χ1v) is 7.87. The Balaban J connectivity index is 1.82. The maximum atomic E-state index is 12.5. The molecule has 4 nitrogen and oxygen atoms in total. The fraction of sp³-hybridized carbons (Fsp3) is 0.588. The molecule has 1 saturated heterocycles. The second-order valence-electron chi connectivity index (χ2n) is 7.13. The molecule has 0 aromatic heterocycles. The van der Waals surface area contributed by atoms with Crippen molar-refractivity contribution in [3.8, 4) is 11.5 Å². The fourth-order valence-electron chi connectivity index (χ4n) is 5.56. The molecule has 2 heterocycles. The highest BCUT2D eigenvalue weighted by atomic mass is 16.5. The first-order chi connectivity index (χ1) is 10.1. The summed E-state index contributed by atoms with van der Waals surface area (Å²) in [7, 11) is 2.19. The average Bonchev–Trinajstić information content (AvgIpc) is 2.78. The zero-order chi connectivity index (χ0) is 14.4. The van der Waals surface area contributed by atoms with E-state index in [9.17, 15) is 9.90 Å². The molecule has 4 atom stereocenters. The monoisotopic (exact) mass is 285 g/mol. The third kappa shape index (κ3) is 1.24. The van der Waals surface area contributed by atoms with Gasteiger partial charge in [-0.05, 0) is 50.4 Å². The Morgan fingerprint density at radius 1 is 1.43 bits per heavy atom. The molecule has 4 aliphatic rings. The summed E-state index contributed by atoms with van der Waals surface area (Å²) < 4.78 is 6.08. The number of piperidine rings is 1. The number of nitrogens with zero attached hydrogens (tertiary/aromatic N) is 1. The summed E-state index contributed by atoms with van der Waals surface area (Å²) in [5.74, 6) is 1.78. The Kier molecular flexibility index (Phi) is 2.07. The molecular weight excluding hydrogens is 266 g/mol. The number of ether oxygens (including phenoxy) is 1. The van der Waals surface area contributed by atoms with Gasteiger partial charge in [0.15, 0.2) is 11.9 Å². The van der Waals surface area contributed by atoms with Crippen LogP contribution in [0.25, 0.3) is 0 Å². The first kappa shape index (κ1) is 12.0. The van der Waals surface area contributed by atoms with Gasteiger partial charge in [-0.3, -0.25) is 4.79 Å². The molecule has 2 bridgehead atoms. The summed E-state index contributed by atoms with van der Waals surface area (Å²) in [6, 6.07) is 4.06. The highest BCUT2D eigenvalue weighted by Gasteiger charge is 2.65. The summed E-state index contributed by atoms with van der Waals surface area (Å²) in [5.41, 5.74) is 2.31. The molecule has 1 saturated carbocycles. The third-order valence-electron chi connectivity index (χ3n) is 6.34. The van der Waals surface area contributed by atoms with Crippen LogP contribution in [0, 0.1) is 5.92 Å². The lowest BCUT2D eigenvalue weighted by Gasteiger charge is -2.57. The van der Waals surface area contributed by atoms with Gasteiger partial charge in [0, 0.05) is 29.5 Å². The molecule has 2 fully saturated rings. The van der Waals surface area contributed by atoms with Crippen molar-refractivity contribution in [2.45, 2.75) is 43.2 Å². The first-order valence-electron chi connectivity index (χ1n) is 7.87. The van der Waals surface area contributed by atoms with Crippen molar-refractivity contribution < 1.29 is 14.6 Å². The summed E-state index contributed by atoms with van der Waals surface area (Å²) >= 11 is 0. The molecule has 21 heavy (non-hydrogen) atoms. The highest BCUT2D eigenvalue weighted by Crippen LogP contribution is 2.61. The molecule has 5 rings (SSSR count). The molecule has 0 unspecified atom stereocenters. The van der Waals surface area contributed by atoms with Crippen molar-refractivity contribution >= 4 is 5.78 Å². The molecule has 1 spiro atoms. The van der Waals surface area contributed by atoms with E-state index >= 15 is 0 Å². The normalized spacial score (nSPS) is 39.9. The molecular formula is C17H19NO3. The van der Waals surface area contributed by atoms with Gasteiger partial charge >= 0.3 is 0 Å². The number of carbonyl (C=O) groups is 1. The van der Waals surface area contributed by atoms with Crippen molar-refractivity contribution in [3.63, 3.8) is 0 Å². The summed E-state index contributed by atoms with van der Waals surface area (Å²) in [6.45, 7) is 1.02. The number of ketones is 1. The van der Waals surface area contributed by atoms with Crippen LogP contribution >= 0.6 is 0 Å². The van der Waals surface area contributed by atoms with Crippen LogP contribution < -0.4 is 4.74 Å². The van der Waals surface area contributed by atoms with Crippen LogP contribution in [0.1, 0.15) is 30.4 Å². The minimum atomic E-state index is -0.316. The van der Waals surface area contributed by atoms with Gasteiger partial charge in [-0.2, -0.15) is 0 Å². The van der Waals surface area contributed by atoms with Gasteiger partial charge in [-0.1, -0.05) is 0 Å². The molecule has 2 aliphatic heterocycles. The van der Waals surface area contributed by atoms with E-state index < -0.39 is 0 Å². The van der Waals surface area contributed by atoms with Crippen LogP contribution in [0.3, 0.4) is 0 Å². The van der Waals surface area contributed by atoms with Crippen LogP contribution in [0.5, 0.6) is 11.5 Å². The van der Waals surface area contributed by atoms with Crippen molar-refractivity contribution in [2.24, 2.45) is 5.92 Å². The maximum absolute atomic E-state index is 12.5. The second kappa shape index (κ2) is 3.61. The van der Waals surface area contributed by atoms with Crippen molar-refractivity contribution in [2.75, 3.05) is 13.6 Å². The van der Waals surface area contributed by atoms with Crippen LogP contribution in [-0.2, 0) is 16.6 Å². The SMILES string of the molecule is CN1CC[C@]23c4c5cc(O)cc4O[C@H]2C(=O)CC[C@H]3[C@H]1C5. The Hall–Kier alpha value is -1.55. The number of likely N-dealkylation sites (tertiary alicyclic amines) is 1. The van der Waals surface area contributed by atoms with Gasteiger partial charge in [0.1, 0.15) is 11.5 Å². The van der Waals surface area contributed by atoms with Gasteiger partial charge in [0.25, 0.3) is 0 Å². The molecule has 1 N–H and O–H groups in total. The molecule has 1 aromatic rings. The smallest absolute Gasteiger partial charge is 0.174 e. The Morgan fingerprint density at radius 2 is 2.29 bits per heavy atom. The fourth-order valence-corrected chi connectivity index (χ4v) is 5.56. The lowest BCUT2D eigenvalue weighted by molar-refractivity contribution is -0.138. The number of likely N-dealkylation sites (N-methyl/N-ethyl adjacent to an activating group) is 1. The molecule has 0 amide bonds. The van der Waals surface area contributed by atoms with Gasteiger partial charge in [0.2, 0.25) is 0 Å².